The van der Waals surface area contributed by atoms with Crippen LogP contribution in [0.3, 0.4) is 0 Å². The Hall–Kier alpha value is -0.410. The monoisotopic (exact) mass is 172 g/mol. The van der Waals surface area contributed by atoms with Gasteiger partial charge in [-0.15, -0.1) is 0 Å². The van der Waals surface area contributed by atoms with E-state index in [-0.39, 0.29) is 6.10 Å². The van der Waals surface area contributed by atoms with Crippen molar-refractivity contribution < 1.29 is 14.3 Å². The third-order valence-electron chi connectivity index (χ3n) is 1.92. The molecule has 0 bridgehead atoms. The highest BCUT2D eigenvalue weighted by Crippen LogP contribution is 2.17. The molecule has 0 radical (unpaired) electrons. The third kappa shape index (κ3) is 2.91. The summed E-state index contributed by atoms with van der Waals surface area (Å²) < 4.78 is 10.8. The van der Waals surface area contributed by atoms with Crippen LogP contribution < -0.4 is 0 Å². The first-order chi connectivity index (χ1) is 5.64. The molecule has 0 spiro atoms. The van der Waals surface area contributed by atoms with E-state index >= 15 is 0 Å². The number of ether oxygens (including phenoxy) is 2. The van der Waals surface area contributed by atoms with E-state index < -0.39 is 5.60 Å². The van der Waals surface area contributed by atoms with Crippen LogP contribution in [0.4, 0.5) is 0 Å². The van der Waals surface area contributed by atoms with E-state index in [4.69, 9.17) is 9.47 Å². The van der Waals surface area contributed by atoms with Crippen LogP contribution in [0.15, 0.2) is 0 Å². The fraction of sp³-hybridized carbons (Fsp3) is 0.889. The quantitative estimate of drug-likeness (QED) is 0.599. The molecule has 1 rings (SSSR count). The Kier molecular flexibility index (Phi) is 3.23. The Bertz CT molecular complexity index is 148. The van der Waals surface area contributed by atoms with Crippen LogP contribution in [0.2, 0.25) is 0 Å². The van der Waals surface area contributed by atoms with E-state index in [1.54, 1.807) is 13.8 Å². The second kappa shape index (κ2) is 4.01. The Balaban J connectivity index is 2.33. The lowest BCUT2D eigenvalue weighted by atomic mass is 10.1. The van der Waals surface area contributed by atoms with Crippen molar-refractivity contribution >= 4 is 6.29 Å². The molecule has 1 heterocycles. The van der Waals surface area contributed by atoms with Crippen LogP contribution in [0.1, 0.15) is 26.7 Å². The van der Waals surface area contributed by atoms with E-state index in [1.807, 2.05) is 0 Å². The molecule has 0 aromatic rings. The zero-order chi connectivity index (χ0) is 9.03. The molecule has 1 aliphatic heterocycles. The summed E-state index contributed by atoms with van der Waals surface area (Å²) in [5, 5.41) is 0. The van der Waals surface area contributed by atoms with Crippen LogP contribution in [-0.2, 0) is 14.3 Å². The highest BCUT2D eigenvalue weighted by atomic mass is 16.5. The van der Waals surface area contributed by atoms with Gasteiger partial charge in [0.25, 0.3) is 0 Å². The van der Waals surface area contributed by atoms with E-state index in [1.165, 1.54) is 0 Å². The maximum Gasteiger partial charge on any atom is 0.151 e. The molecule has 70 valence electrons. The summed E-state index contributed by atoms with van der Waals surface area (Å²) in [7, 11) is 0. The Morgan fingerprint density at radius 2 is 2.00 bits per heavy atom. The number of carbonyl (C=O) groups excluding carboxylic acids is 1. The summed E-state index contributed by atoms with van der Waals surface area (Å²) >= 11 is 0. The molecular weight excluding hydrogens is 156 g/mol. The molecule has 12 heavy (non-hydrogen) atoms. The maximum absolute atomic E-state index is 10.5. The van der Waals surface area contributed by atoms with Gasteiger partial charge in [-0.2, -0.15) is 0 Å². The van der Waals surface area contributed by atoms with Crippen molar-refractivity contribution in [1.82, 2.24) is 0 Å². The molecule has 0 unspecified atom stereocenters. The van der Waals surface area contributed by atoms with Crippen molar-refractivity contribution in [2.75, 3.05) is 13.2 Å². The Labute approximate surface area is 73.0 Å². The molecule has 0 atom stereocenters. The predicted octanol–water partition coefficient (Wildman–Crippen LogP) is 1.16. The molecule has 0 saturated carbocycles. The van der Waals surface area contributed by atoms with E-state index in [9.17, 15) is 4.79 Å². The summed E-state index contributed by atoms with van der Waals surface area (Å²) in [6.45, 7) is 5.07. The topological polar surface area (TPSA) is 35.5 Å². The molecule has 0 N–H and O–H groups in total. The van der Waals surface area contributed by atoms with Gasteiger partial charge in [0.1, 0.15) is 5.60 Å². The first-order valence-electron chi connectivity index (χ1n) is 4.36. The van der Waals surface area contributed by atoms with Crippen molar-refractivity contribution in [1.29, 1.82) is 0 Å². The van der Waals surface area contributed by atoms with Crippen molar-refractivity contribution in [2.45, 2.75) is 38.4 Å². The number of hydrogen-bond donors (Lipinski definition) is 0. The molecule has 1 saturated heterocycles. The summed E-state index contributed by atoms with van der Waals surface area (Å²) in [4.78, 5) is 10.5. The molecule has 1 aliphatic rings. The number of hydrogen-bond acceptors (Lipinski definition) is 3. The van der Waals surface area contributed by atoms with Crippen LogP contribution in [0, 0.1) is 0 Å². The van der Waals surface area contributed by atoms with Crippen LogP contribution in [0.25, 0.3) is 0 Å². The van der Waals surface area contributed by atoms with Crippen LogP contribution in [0.5, 0.6) is 0 Å². The highest BCUT2D eigenvalue weighted by molar-refractivity contribution is 5.60. The SMILES string of the molecule is CC(C)(C=O)OC1CCOCC1. The second-order valence-corrected chi connectivity index (χ2v) is 3.65. The summed E-state index contributed by atoms with van der Waals surface area (Å²) in [6.07, 6.45) is 2.84. The van der Waals surface area contributed by atoms with Gasteiger partial charge in [-0.05, 0) is 26.7 Å². The lowest BCUT2D eigenvalue weighted by Gasteiger charge is -2.29. The van der Waals surface area contributed by atoms with Crippen LogP contribution >= 0.6 is 0 Å². The molecule has 0 amide bonds. The van der Waals surface area contributed by atoms with Gasteiger partial charge in [-0.25, -0.2) is 0 Å². The summed E-state index contributed by atoms with van der Waals surface area (Å²) in [5.74, 6) is 0. The average Bonchev–Trinajstić information content (AvgIpc) is 2.06. The van der Waals surface area contributed by atoms with Gasteiger partial charge >= 0.3 is 0 Å². The summed E-state index contributed by atoms with van der Waals surface area (Å²) in [5.41, 5.74) is -0.637. The number of carbonyl (C=O) groups is 1. The van der Waals surface area contributed by atoms with E-state index in [2.05, 4.69) is 0 Å². The lowest BCUT2D eigenvalue weighted by Crippen LogP contribution is -2.35. The minimum atomic E-state index is -0.637. The van der Waals surface area contributed by atoms with E-state index in [0.29, 0.717) is 0 Å². The summed E-state index contributed by atoms with van der Waals surface area (Å²) in [6, 6.07) is 0. The van der Waals surface area contributed by atoms with Crippen LogP contribution in [-0.4, -0.2) is 31.2 Å². The normalized spacial score (nSPS) is 20.8. The van der Waals surface area contributed by atoms with Gasteiger partial charge in [0.05, 0.1) is 6.10 Å². The molecule has 0 aromatic heterocycles. The fourth-order valence-electron chi connectivity index (χ4n) is 1.25. The van der Waals surface area contributed by atoms with Gasteiger partial charge < -0.3 is 14.3 Å². The molecule has 3 heteroatoms. The highest BCUT2D eigenvalue weighted by Gasteiger charge is 2.24. The molecule has 3 nitrogen and oxygen atoms in total. The maximum atomic E-state index is 10.5. The first kappa shape index (κ1) is 9.68. The van der Waals surface area contributed by atoms with Crippen molar-refractivity contribution in [2.24, 2.45) is 0 Å². The lowest BCUT2D eigenvalue weighted by molar-refractivity contribution is -0.141. The zero-order valence-corrected chi connectivity index (χ0v) is 7.71. The Morgan fingerprint density at radius 1 is 1.42 bits per heavy atom. The van der Waals surface area contributed by atoms with E-state index in [0.717, 1.165) is 32.3 Å². The molecular formula is C9H16O3. The largest absolute Gasteiger partial charge is 0.381 e. The number of aldehydes is 1. The minimum absolute atomic E-state index is 0.193. The van der Waals surface area contributed by atoms with Gasteiger partial charge in [-0.1, -0.05) is 0 Å². The Morgan fingerprint density at radius 3 is 2.50 bits per heavy atom. The van der Waals surface area contributed by atoms with Gasteiger partial charge in [0.15, 0.2) is 6.29 Å². The van der Waals surface area contributed by atoms with Gasteiger partial charge in [0, 0.05) is 13.2 Å². The second-order valence-electron chi connectivity index (χ2n) is 3.65. The number of rotatable bonds is 3. The fourth-order valence-corrected chi connectivity index (χ4v) is 1.25. The molecule has 1 fully saturated rings. The zero-order valence-electron chi connectivity index (χ0n) is 7.71. The predicted molar refractivity (Wildman–Crippen MR) is 45.1 cm³/mol. The van der Waals surface area contributed by atoms with Crippen molar-refractivity contribution in [3.8, 4) is 0 Å². The first-order valence-corrected chi connectivity index (χ1v) is 4.36. The smallest absolute Gasteiger partial charge is 0.151 e. The third-order valence-corrected chi connectivity index (χ3v) is 1.92. The van der Waals surface area contributed by atoms with Gasteiger partial charge in [0.2, 0.25) is 0 Å². The average molecular weight is 172 g/mol. The molecule has 0 aromatic carbocycles. The van der Waals surface area contributed by atoms with Gasteiger partial charge in [-0.3, -0.25) is 0 Å². The standard InChI is InChI=1S/C9H16O3/c1-9(2,7-10)12-8-3-5-11-6-4-8/h7-8H,3-6H2,1-2H3. The van der Waals surface area contributed by atoms with Crippen molar-refractivity contribution in [3.63, 3.8) is 0 Å². The minimum Gasteiger partial charge on any atom is -0.381 e. The van der Waals surface area contributed by atoms with Crippen molar-refractivity contribution in [3.05, 3.63) is 0 Å². The molecule has 0 aliphatic carbocycles.